The maximum absolute atomic E-state index is 15.3. The van der Waals surface area contributed by atoms with Crippen LogP contribution < -0.4 is 14.2 Å². The van der Waals surface area contributed by atoms with Gasteiger partial charge in [-0.3, -0.25) is 4.79 Å². The summed E-state index contributed by atoms with van der Waals surface area (Å²) in [4.78, 5) is 11.2. The van der Waals surface area contributed by atoms with E-state index in [9.17, 15) is 13.2 Å². The van der Waals surface area contributed by atoms with Crippen molar-refractivity contribution in [1.82, 2.24) is 0 Å². The quantitative estimate of drug-likeness (QED) is 0.315. The maximum Gasteiger partial charge on any atom is 0.304 e. The minimum absolute atomic E-state index is 0.00175. The number of hydrogen-bond donors (Lipinski definition) is 1. The number of sulfone groups is 1. The van der Waals surface area contributed by atoms with E-state index in [1.54, 1.807) is 26.0 Å². The lowest BCUT2D eigenvalue weighted by Gasteiger charge is -2.23. The van der Waals surface area contributed by atoms with Gasteiger partial charge in [-0.1, -0.05) is 12.1 Å². The normalized spacial score (nSPS) is 18.0. The molecule has 9 heteroatoms. The second-order valence-corrected chi connectivity index (χ2v) is 14.3. The molecule has 0 aromatic heterocycles. The predicted molar refractivity (Wildman–Crippen MR) is 154 cm³/mol. The number of carboxylic acid groups (broad SMARTS) is 1. The summed E-state index contributed by atoms with van der Waals surface area (Å²) in [6.45, 7) is 7.57. The molecule has 0 saturated carbocycles. The number of benzene rings is 3. The Balaban J connectivity index is 1.40. The molecule has 0 spiro atoms. The molecule has 1 aliphatic heterocycles. The van der Waals surface area contributed by atoms with Gasteiger partial charge in [-0.2, -0.15) is 0 Å². The first kappa shape index (κ1) is 28.9. The molecule has 0 bridgehead atoms. The number of carboxylic acids is 1. The van der Waals surface area contributed by atoms with Gasteiger partial charge >= 0.3 is 5.97 Å². The topological polar surface area (TPSA) is 99.1 Å². The van der Waals surface area contributed by atoms with Crippen LogP contribution >= 0.6 is 0 Å². The number of ether oxygens (including phenoxy) is 3. The zero-order valence-electron chi connectivity index (χ0n) is 23.9. The Kier molecular flexibility index (Phi) is 7.53. The number of carbonyl (C=O) groups is 1. The van der Waals surface area contributed by atoms with Gasteiger partial charge in [0.2, 0.25) is 0 Å². The molecular weight excluding hydrogens is 547 g/mol. The summed E-state index contributed by atoms with van der Waals surface area (Å²) in [7, 11) is -3.29. The first-order valence-corrected chi connectivity index (χ1v) is 15.5. The van der Waals surface area contributed by atoms with Gasteiger partial charge in [-0.25, -0.2) is 12.8 Å². The molecule has 0 fully saturated rings. The average molecular weight is 583 g/mol. The molecule has 1 heterocycles. The van der Waals surface area contributed by atoms with E-state index in [4.69, 9.17) is 19.3 Å². The van der Waals surface area contributed by atoms with Gasteiger partial charge in [-0.05, 0) is 92.6 Å². The maximum atomic E-state index is 15.3. The van der Waals surface area contributed by atoms with Crippen molar-refractivity contribution in [3.63, 3.8) is 0 Å². The third-order valence-corrected chi connectivity index (χ3v) is 10.3. The van der Waals surface area contributed by atoms with Crippen molar-refractivity contribution < 1.29 is 36.9 Å². The highest BCUT2D eigenvalue weighted by atomic mass is 32.2. The van der Waals surface area contributed by atoms with Crippen LogP contribution in [0.4, 0.5) is 4.39 Å². The van der Waals surface area contributed by atoms with E-state index in [1.807, 2.05) is 38.1 Å². The molecule has 2 atom stereocenters. The van der Waals surface area contributed by atoms with Gasteiger partial charge in [0.1, 0.15) is 40.5 Å². The van der Waals surface area contributed by atoms with E-state index in [0.717, 1.165) is 33.4 Å². The van der Waals surface area contributed by atoms with E-state index >= 15 is 4.39 Å². The second kappa shape index (κ2) is 10.7. The average Bonchev–Trinajstić information content (AvgIpc) is 3.47. The fourth-order valence-corrected chi connectivity index (χ4v) is 5.97. The van der Waals surface area contributed by atoms with Crippen molar-refractivity contribution in [2.45, 2.75) is 63.7 Å². The Morgan fingerprint density at radius 3 is 2.46 bits per heavy atom. The lowest BCUT2D eigenvalue weighted by Crippen LogP contribution is -2.37. The summed E-state index contributed by atoms with van der Waals surface area (Å²) in [5, 5.41) is 9.15. The number of hydrogen-bond acceptors (Lipinski definition) is 6. The molecule has 0 radical (unpaired) electrons. The summed E-state index contributed by atoms with van der Waals surface area (Å²) in [6.07, 6.45) is 2.00. The largest absolute Gasteiger partial charge is 0.492 e. The number of halogens is 1. The van der Waals surface area contributed by atoms with Crippen LogP contribution in [0.3, 0.4) is 0 Å². The van der Waals surface area contributed by atoms with Gasteiger partial charge in [0.25, 0.3) is 0 Å². The van der Waals surface area contributed by atoms with Crippen LogP contribution in [0.15, 0.2) is 42.5 Å². The molecule has 3 aromatic rings. The molecule has 1 aliphatic carbocycles. The van der Waals surface area contributed by atoms with Crippen LogP contribution in [-0.2, 0) is 21.1 Å². The van der Waals surface area contributed by atoms with Crippen LogP contribution in [0.1, 0.15) is 66.5 Å². The van der Waals surface area contributed by atoms with E-state index in [2.05, 4.69) is 0 Å². The minimum atomic E-state index is -3.29. The minimum Gasteiger partial charge on any atom is -0.492 e. The first-order chi connectivity index (χ1) is 19.2. The number of rotatable bonds is 9. The zero-order valence-corrected chi connectivity index (χ0v) is 24.7. The molecular formula is C32H35FO7S. The van der Waals surface area contributed by atoms with Crippen LogP contribution in [0, 0.1) is 19.7 Å². The monoisotopic (exact) mass is 582 g/mol. The Labute approximate surface area is 240 Å². The van der Waals surface area contributed by atoms with E-state index in [-0.39, 0.29) is 24.8 Å². The van der Waals surface area contributed by atoms with Crippen LogP contribution in [0.5, 0.6) is 17.2 Å². The van der Waals surface area contributed by atoms with Crippen molar-refractivity contribution in [3.05, 3.63) is 76.1 Å². The number of fused-ring (bicyclic) bond motifs is 2. The summed E-state index contributed by atoms with van der Waals surface area (Å²) >= 11 is 0. The molecule has 7 nitrogen and oxygen atoms in total. The molecule has 0 saturated heterocycles. The third kappa shape index (κ3) is 5.64. The highest BCUT2D eigenvalue weighted by Crippen LogP contribution is 2.45. The van der Waals surface area contributed by atoms with E-state index in [0.29, 0.717) is 42.3 Å². The number of aryl methyl sites for hydroxylation is 2. The van der Waals surface area contributed by atoms with Gasteiger partial charge in [0, 0.05) is 29.4 Å². The lowest BCUT2D eigenvalue weighted by atomic mass is 9.90. The Bertz CT molecular complexity index is 1600. The van der Waals surface area contributed by atoms with Crippen molar-refractivity contribution in [2.24, 2.45) is 0 Å². The second-order valence-electron chi connectivity index (χ2n) is 11.7. The Hall–Kier alpha value is -3.59. The fourth-order valence-electron chi connectivity index (χ4n) is 5.70. The van der Waals surface area contributed by atoms with Crippen LogP contribution in [0.25, 0.3) is 11.1 Å². The van der Waals surface area contributed by atoms with Crippen molar-refractivity contribution in [1.29, 1.82) is 0 Å². The smallest absolute Gasteiger partial charge is 0.304 e. The van der Waals surface area contributed by atoms with Gasteiger partial charge in [-0.15, -0.1) is 0 Å². The predicted octanol–water partition coefficient (Wildman–Crippen LogP) is 6.33. The van der Waals surface area contributed by atoms with Gasteiger partial charge in [0.15, 0.2) is 9.84 Å². The summed E-state index contributed by atoms with van der Waals surface area (Å²) in [5.41, 5.74) is 6.13. The van der Waals surface area contributed by atoms with E-state index < -0.39 is 26.7 Å². The van der Waals surface area contributed by atoms with Crippen LogP contribution in [0.2, 0.25) is 0 Å². The van der Waals surface area contributed by atoms with E-state index in [1.165, 1.54) is 12.3 Å². The Morgan fingerprint density at radius 2 is 1.80 bits per heavy atom. The summed E-state index contributed by atoms with van der Waals surface area (Å²) < 4.78 is 56.3. The molecule has 218 valence electrons. The molecule has 41 heavy (non-hydrogen) atoms. The van der Waals surface area contributed by atoms with Crippen molar-refractivity contribution >= 4 is 15.8 Å². The molecule has 5 rings (SSSR count). The number of aliphatic carboxylic acids is 1. The summed E-state index contributed by atoms with van der Waals surface area (Å²) in [5.74, 6) is 0.360. The lowest BCUT2D eigenvalue weighted by molar-refractivity contribution is -0.137. The molecule has 0 amide bonds. The molecule has 2 aliphatic rings. The fraction of sp³-hybridized carbons (Fsp3) is 0.406. The van der Waals surface area contributed by atoms with Crippen molar-refractivity contribution in [3.8, 4) is 28.4 Å². The summed E-state index contributed by atoms with van der Waals surface area (Å²) in [6, 6.07) is 12.5. The van der Waals surface area contributed by atoms with Gasteiger partial charge < -0.3 is 19.3 Å². The Morgan fingerprint density at radius 1 is 1.10 bits per heavy atom. The SMILES string of the molecule is Cc1cc(OCC(C)(C)S(C)(=O)=O)cc(C)c1-c1ccc(F)c2c1CC[C@H]2Oc1ccc2c(c1)OCC2CC(=O)O. The van der Waals surface area contributed by atoms with Crippen molar-refractivity contribution in [2.75, 3.05) is 19.5 Å². The highest BCUT2D eigenvalue weighted by Gasteiger charge is 2.33. The zero-order chi connectivity index (χ0) is 29.7. The van der Waals surface area contributed by atoms with Crippen LogP contribution in [-0.4, -0.2) is 43.7 Å². The van der Waals surface area contributed by atoms with Gasteiger partial charge in [0.05, 0.1) is 13.0 Å². The first-order valence-electron chi connectivity index (χ1n) is 13.7. The standard InChI is InChI=1S/C32H35FO7S/c1-18-12-22(39-17-32(3,4)41(5,36)37)13-19(2)30(18)24-8-10-26(33)31-25(24)9-11-27(31)40-21-6-7-23-20(14-29(34)35)16-38-28(23)15-21/h6-8,10,12-13,15,20,27H,9,11,14,16-17H2,1-5H3,(H,34,35)/t20?,27-/m1/s1. The molecule has 1 unspecified atom stereocenters. The third-order valence-electron chi connectivity index (χ3n) is 8.21. The molecule has 3 aromatic carbocycles. The molecule has 1 N–H and O–H groups in total. The highest BCUT2D eigenvalue weighted by molar-refractivity contribution is 7.92.